The van der Waals surface area contributed by atoms with Crippen LogP contribution in [0.5, 0.6) is 5.75 Å². The number of carbonyl (C=O) groups is 1. The van der Waals surface area contributed by atoms with Crippen LogP contribution in [0, 0.1) is 0 Å². The Labute approximate surface area is 121 Å². The first-order valence-electron chi connectivity index (χ1n) is 6.39. The van der Waals surface area contributed by atoms with E-state index in [1.54, 1.807) is 14.0 Å². The highest BCUT2D eigenvalue weighted by molar-refractivity contribution is 7.30. The van der Waals surface area contributed by atoms with E-state index in [9.17, 15) is 4.79 Å². The molecule has 1 unspecified atom stereocenters. The number of hydrogen-bond donors (Lipinski definition) is 1. The van der Waals surface area contributed by atoms with Gasteiger partial charge in [0.25, 0.3) is 0 Å². The van der Waals surface area contributed by atoms with Gasteiger partial charge in [0.2, 0.25) is 0 Å². The van der Waals surface area contributed by atoms with Gasteiger partial charge in [0.1, 0.15) is 27.4 Å². The molecule has 2 atom stereocenters. The van der Waals surface area contributed by atoms with Gasteiger partial charge in [0.15, 0.2) is 0 Å². The molecular weight excluding hydrogens is 277 g/mol. The highest BCUT2D eigenvalue weighted by Gasteiger charge is 2.21. The zero-order valence-electron chi connectivity index (χ0n) is 12.3. The third-order valence-corrected chi connectivity index (χ3v) is 3.54. The first-order chi connectivity index (χ1) is 9.44. The summed E-state index contributed by atoms with van der Waals surface area (Å²) in [7, 11) is 1.58. The van der Waals surface area contributed by atoms with E-state index in [1.165, 1.54) is 0 Å². The number of para-hydroxylation sites is 1. The molecule has 1 rings (SSSR count). The van der Waals surface area contributed by atoms with Crippen LogP contribution in [0.1, 0.15) is 20.8 Å². The van der Waals surface area contributed by atoms with Crippen LogP contribution >= 0.6 is 8.96 Å². The highest BCUT2D eigenvalue weighted by atomic mass is 31.1. The molecule has 0 fully saturated rings. The average Bonchev–Trinajstić information content (AvgIpc) is 2.46. The van der Waals surface area contributed by atoms with Crippen LogP contribution < -0.4 is 9.61 Å². The predicted octanol–water partition coefficient (Wildman–Crippen LogP) is 2.52. The molecule has 112 valence electrons. The number of ether oxygens (including phenoxy) is 2. The van der Waals surface area contributed by atoms with Crippen molar-refractivity contribution in [1.29, 1.82) is 0 Å². The summed E-state index contributed by atoms with van der Waals surface area (Å²) in [6, 6.07) is 9.00. The van der Waals surface area contributed by atoms with Gasteiger partial charge in [0.05, 0.1) is 5.60 Å². The van der Waals surface area contributed by atoms with Crippen molar-refractivity contribution in [2.45, 2.75) is 32.4 Å². The number of esters is 1. The Morgan fingerprint density at radius 2 is 2.00 bits per heavy atom. The summed E-state index contributed by atoms with van der Waals surface area (Å²) in [5, 5.41) is 2.98. The maximum atomic E-state index is 11.8. The van der Waals surface area contributed by atoms with Crippen molar-refractivity contribution < 1.29 is 18.8 Å². The number of hydrogen-bond acceptors (Lipinski definition) is 5. The van der Waals surface area contributed by atoms with Gasteiger partial charge in [-0.25, -0.2) is 0 Å². The second kappa shape index (κ2) is 8.20. The SMILES string of the molecule is COC(C)(C)COC(=O)[C@H](C)NPOc1ccccc1. The maximum absolute atomic E-state index is 11.8. The molecule has 0 radical (unpaired) electrons. The standard InChI is InChI=1S/C14H22NO4P/c1-11(13(16)18-10-14(2,3)17-4)15-20-19-12-8-6-5-7-9-12/h5-9,11,15,20H,10H2,1-4H3/t11-/m0/s1. The summed E-state index contributed by atoms with van der Waals surface area (Å²) < 4.78 is 15.8. The van der Waals surface area contributed by atoms with Gasteiger partial charge < -0.3 is 14.0 Å². The Bertz CT molecular complexity index is 411. The van der Waals surface area contributed by atoms with Crippen LogP contribution in [-0.4, -0.2) is 31.3 Å². The number of rotatable bonds is 8. The van der Waals surface area contributed by atoms with E-state index >= 15 is 0 Å². The van der Waals surface area contributed by atoms with Crippen LogP contribution in [0.2, 0.25) is 0 Å². The lowest BCUT2D eigenvalue weighted by molar-refractivity contribution is -0.152. The van der Waals surface area contributed by atoms with Gasteiger partial charge in [-0.3, -0.25) is 9.88 Å². The van der Waals surface area contributed by atoms with Crippen molar-refractivity contribution in [3.8, 4) is 5.75 Å². The van der Waals surface area contributed by atoms with Crippen molar-refractivity contribution in [1.82, 2.24) is 5.09 Å². The van der Waals surface area contributed by atoms with Crippen molar-refractivity contribution >= 4 is 14.9 Å². The largest absolute Gasteiger partial charge is 0.461 e. The Balaban J connectivity index is 2.25. The molecule has 0 aliphatic rings. The van der Waals surface area contributed by atoms with E-state index in [0.29, 0.717) is 0 Å². The molecule has 0 saturated carbocycles. The third-order valence-electron chi connectivity index (χ3n) is 2.66. The molecule has 1 aromatic carbocycles. The monoisotopic (exact) mass is 299 g/mol. The summed E-state index contributed by atoms with van der Waals surface area (Å²) in [5.74, 6) is 0.443. The lowest BCUT2D eigenvalue weighted by Gasteiger charge is -2.23. The molecule has 0 bridgehead atoms. The molecular formula is C14H22NO4P. The van der Waals surface area contributed by atoms with Crippen LogP contribution in [-0.2, 0) is 14.3 Å². The van der Waals surface area contributed by atoms with Crippen LogP contribution in [0.25, 0.3) is 0 Å². The first-order valence-corrected chi connectivity index (χ1v) is 7.29. The molecule has 0 aliphatic heterocycles. The second-order valence-corrected chi connectivity index (χ2v) is 5.65. The summed E-state index contributed by atoms with van der Waals surface area (Å²) in [6.07, 6.45) is 0. The zero-order chi connectivity index (χ0) is 15.0. The summed E-state index contributed by atoms with van der Waals surface area (Å²) in [5.41, 5.74) is -0.474. The summed E-state index contributed by atoms with van der Waals surface area (Å²) >= 11 is 0. The Morgan fingerprint density at radius 3 is 2.60 bits per heavy atom. The molecule has 0 spiro atoms. The van der Waals surface area contributed by atoms with E-state index in [0.717, 1.165) is 5.75 Å². The molecule has 0 saturated heterocycles. The molecule has 5 nitrogen and oxygen atoms in total. The molecule has 20 heavy (non-hydrogen) atoms. The van der Waals surface area contributed by atoms with Gasteiger partial charge >= 0.3 is 5.97 Å². The maximum Gasteiger partial charge on any atom is 0.323 e. The van der Waals surface area contributed by atoms with E-state index in [-0.39, 0.29) is 21.5 Å². The fourth-order valence-corrected chi connectivity index (χ4v) is 1.76. The van der Waals surface area contributed by atoms with E-state index in [1.807, 2.05) is 44.2 Å². The van der Waals surface area contributed by atoms with Crippen LogP contribution in [0.15, 0.2) is 30.3 Å². The smallest absolute Gasteiger partial charge is 0.323 e. The fourth-order valence-electron chi connectivity index (χ4n) is 1.15. The second-order valence-electron chi connectivity index (χ2n) is 4.95. The lowest BCUT2D eigenvalue weighted by atomic mass is 10.1. The van der Waals surface area contributed by atoms with Gasteiger partial charge in [-0.15, -0.1) is 0 Å². The topological polar surface area (TPSA) is 56.8 Å². The van der Waals surface area contributed by atoms with Gasteiger partial charge in [-0.05, 0) is 32.9 Å². The molecule has 0 heterocycles. The minimum absolute atomic E-state index is 0.00794. The lowest BCUT2D eigenvalue weighted by Crippen LogP contribution is -2.36. The van der Waals surface area contributed by atoms with Crippen molar-refractivity contribution in [2.24, 2.45) is 0 Å². The molecule has 6 heteroatoms. The predicted molar refractivity (Wildman–Crippen MR) is 80.0 cm³/mol. The molecule has 1 N–H and O–H groups in total. The molecule has 0 amide bonds. The number of carbonyl (C=O) groups excluding carboxylic acids is 1. The van der Waals surface area contributed by atoms with E-state index in [2.05, 4.69) is 5.09 Å². The summed E-state index contributed by atoms with van der Waals surface area (Å²) in [4.78, 5) is 11.8. The minimum Gasteiger partial charge on any atom is -0.461 e. The number of benzene rings is 1. The van der Waals surface area contributed by atoms with Crippen LogP contribution in [0.3, 0.4) is 0 Å². The Morgan fingerprint density at radius 1 is 1.35 bits per heavy atom. The minimum atomic E-state index is -0.474. The number of methoxy groups -OCH3 is 1. The Kier molecular flexibility index (Phi) is 6.93. The van der Waals surface area contributed by atoms with Gasteiger partial charge in [-0.1, -0.05) is 18.2 Å². The zero-order valence-corrected chi connectivity index (χ0v) is 13.3. The van der Waals surface area contributed by atoms with Gasteiger partial charge in [0, 0.05) is 7.11 Å². The average molecular weight is 299 g/mol. The fraction of sp³-hybridized carbons (Fsp3) is 0.500. The van der Waals surface area contributed by atoms with E-state index < -0.39 is 11.6 Å². The first kappa shape index (κ1) is 16.9. The molecule has 1 aromatic rings. The van der Waals surface area contributed by atoms with Gasteiger partial charge in [-0.2, -0.15) is 0 Å². The van der Waals surface area contributed by atoms with Crippen molar-refractivity contribution in [3.05, 3.63) is 30.3 Å². The van der Waals surface area contributed by atoms with E-state index in [4.69, 9.17) is 14.0 Å². The summed E-state index contributed by atoms with van der Waals surface area (Å²) in [6.45, 7) is 5.68. The van der Waals surface area contributed by atoms with Crippen molar-refractivity contribution in [3.63, 3.8) is 0 Å². The Hall–Kier alpha value is -1.16. The number of nitrogens with one attached hydrogen (secondary N) is 1. The normalized spacial score (nSPS) is 13.4. The molecule has 0 aliphatic carbocycles. The third kappa shape index (κ3) is 6.33. The quantitative estimate of drug-likeness (QED) is 0.590. The van der Waals surface area contributed by atoms with Crippen molar-refractivity contribution in [2.75, 3.05) is 13.7 Å². The van der Waals surface area contributed by atoms with Crippen LogP contribution in [0.4, 0.5) is 0 Å². The molecule has 0 aromatic heterocycles. The highest BCUT2D eigenvalue weighted by Crippen LogP contribution is 2.17.